The maximum Gasteiger partial charge on any atom is 0.435 e. The number of carbonyl (C=O) groups excluding carboxylic acids is 1. The fourth-order valence-corrected chi connectivity index (χ4v) is 3.16. The highest BCUT2D eigenvalue weighted by molar-refractivity contribution is 7.15. The number of aromatic nitrogens is 3. The predicted octanol–water partition coefficient (Wildman–Crippen LogP) is 4.04. The zero-order valence-electron chi connectivity index (χ0n) is 14.0. The molecule has 0 saturated carbocycles. The van der Waals surface area contributed by atoms with E-state index in [4.69, 9.17) is 0 Å². The van der Waals surface area contributed by atoms with Crippen molar-refractivity contribution in [3.8, 4) is 0 Å². The summed E-state index contributed by atoms with van der Waals surface area (Å²) in [7, 11) is 0. The van der Waals surface area contributed by atoms with Crippen LogP contribution >= 0.6 is 11.3 Å². The Morgan fingerprint density at radius 1 is 1.30 bits per heavy atom. The molecular weight excluding hydrogens is 384 g/mol. The van der Waals surface area contributed by atoms with Crippen LogP contribution in [0.2, 0.25) is 0 Å². The van der Waals surface area contributed by atoms with Gasteiger partial charge < -0.3 is 5.32 Å². The lowest BCUT2D eigenvalue weighted by Crippen LogP contribution is -2.19. The topological polar surface area (TPSA) is 59.8 Å². The van der Waals surface area contributed by atoms with Crippen LogP contribution in [0.25, 0.3) is 0 Å². The second-order valence-electron chi connectivity index (χ2n) is 5.84. The summed E-state index contributed by atoms with van der Waals surface area (Å²) in [5.74, 6) is -0.836. The van der Waals surface area contributed by atoms with Gasteiger partial charge in [0.25, 0.3) is 0 Å². The zero-order chi connectivity index (χ0) is 19.6. The molecule has 10 heteroatoms. The summed E-state index contributed by atoms with van der Waals surface area (Å²) >= 11 is 1.21. The summed E-state index contributed by atoms with van der Waals surface area (Å²) in [6.07, 6.45) is -1.45. The van der Waals surface area contributed by atoms with E-state index in [1.54, 1.807) is 19.2 Å². The number of nitrogens with one attached hydrogen (secondary N) is 1. The average Bonchev–Trinajstić information content (AvgIpc) is 3.20. The van der Waals surface area contributed by atoms with Gasteiger partial charge in [-0.1, -0.05) is 12.1 Å². The molecule has 0 radical (unpaired) electrons. The van der Waals surface area contributed by atoms with Crippen molar-refractivity contribution in [3.63, 3.8) is 0 Å². The highest BCUT2D eigenvalue weighted by Crippen LogP contribution is 2.27. The summed E-state index contributed by atoms with van der Waals surface area (Å²) in [4.78, 5) is 16.8. The number of carbonyl (C=O) groups is 1. The van der Waals surface area contributed by atoms with Gasteiger partial charge in [-0.2, -0.15) is 18.3 Å². The second kappa shape index (κ2) is 7.47. The smallest absolute Gasteiger partial charge is 0.300 e. The van der Waals surface area contributed by atoms with Crippen LogP contribution in [-0.4, -0.2) is 20.7 Å². The molecule has 0 unspecified atom stereocenters. The van der Waals surface area contributed by atoms with Crippen molar-refractivity contribution in [1.82, 2.24) is 14.8 Å². The van der Waals surface area contributed by atoms with Gasteiger partial charge in [-0.15, -0.1) is 11.3 Å². The van der Waals surface area contributed by atoms with Gasteiger partial charge >= 0.3 is 6.18 Å². The summed E-state index contributed by atoms with van der Waals surface area (Å²) in [5, 5.41) is 6.15. The molecule has 0 aliphatic carbocycles. The van der Waals surface area contributed by atoms with Gasteiger partial charge in [0.15, 0.2) is 10.8 Å². The number of hydrogen-bond acceptors (Lipinski definition) is 4. The fraction of sp³-hybridized carbons (Fsp3) is 0.235. The Labute approximate surface area is 155 Å². The Bertz CT molecular complexity index is 964. The SMILES string of the molecule is Cc1ccc(Cc2cnc(NC(=O)Cn3ccc(C(F)(F)F)n3)s2)cc1F. The van der Waals surface area contributed by atoms with Crippen LogP contribution < -0.4 is 5.32 Å². The number of anilines is 1. The van der Waals surface area contributed by atoms with Gasteiger partial charge in [0.05, 0.1) is 0 Å². The van der Waals surface area contributed by atoms with E-state index in [2.05, 4.69) is 15.4 Å². The van der Waals surface area contributed by atoms with E-state index in [1.165, 1.54) is 17.4 Å². The molecule has 2 aromatic heterocycles. The van der Waals surface area contributed by atoms with Crippen LogP contribution in [0.4, 0.5) is 22.7 Å². The Kier molecular flexibility index (Phi) is 5.26. The van der Waals surface area contributed by atoms with Crippen LogP contribution in [0.5, 0.6) is 0 Å². The molecule has 0 bridgehead atoms. The lowest BCUT2D eigenvalue weighted by Gasteiger charge is -2.03. The van der Waals surface area contributed by atoms with Crippen molar-refractivity contribution >= 4 is 22.4 Å². The molecule has 0 aliphatic heterocycles. The van der Waals surface area contributed by atoms with Crippen molar-refractivity contribution in [1.29, 1.82) is 0 Å². The summed E-state index contributed by atoms with van der Waals surface area (Å²) < 4.78 is 52.0. The van der Waals surface area contributed by atoms with Gasteiger partial charge in [-0.3, -0.25) is 9.48 Å². The first kappa shape index (κ1) is 19.0. The minimum atomic E-state index is -4.55. The Morgan fingerprint density at radius 2 is 2.07 bits per heavy atom. The number of nitrogens with zero attached hydrogens (tertiary/aromatic N) is 3. The number of halogens is 4. The molecule has 3 aromatic rings. The molecule has 5 nitrogen and oxygen atoms in total. The summed E-state index contributed by atoms with van der Waals surface area (Å²) in [5.41, 5.74) is 0.274. The number of amides is 1. The van der Waals surface area contributed by atoms with E-state index in [0.717, 1.165) is 27.4 Å². The van der Waals surface area contributed by atoms with Crippen molar-refractivity contribution in [2.24, 2.45) is 0 Å². The third kappa shape index (κ3) is 4.91. The molecule has 0 spiro atoms. The molecule has 0 saturated heterocycles. The van der Waals surface area contributed by atoms with Crippen LogP contribution in [0.1, 0.15) is 21.7 Å². The molecule has 0 aliphatic rings. The lowest BCUT2D eigenvalue weighted by molar-refractivity contribution is -0.141. The van der Waals surface area contributed by atoms with Crippen molar-refractivity contribution < 1.29 is 22.4 Å². The molecular formula is C17H14F4N4OS. The highest BCUT2D eigenvalue weighted by atomic mass is 32.1. The predicted molar refractivity (Wildman–Crippen MR) is 91.9 cm³/mol. The van der Waals surface area contributed by atoms with Crippen molar-refractivity contribution in [2.45, 2.75) is 26.1 Å². The van der Waals surface area contributed by atoms with Gasteiger partial charge in [0.1, 0.15) is 12.4 Å². The van der Waals surface area contributed by atoms with E-state index in [9.17, 15) is 22.4 Å². The molecule has 142 valence electrons. The first-order valence-electron chi connectivity index (χ1n) is 7.81. The minimum Gasteiger partial charge on any atom is -0.300 e. The third-order valence-electron chi connectivity index (χ3n) is 3.65. The largest absolute Gasteiger partial charge is 0.435 e. The molecule has 1 aromatic carbocycles. The van der Waals surface area contributed by atoms with E-state index < -0.39 is 17.8 Å². The zero-order valence-corrected chi connectivity index (χ0v) is 14.9. The number of aryl methyl sites for hydroxylation is 1. The summed E-state index contributed by atoms with van der Waals surface area (Å²) in [6, 6.07) is 5.75. The van der Waals surface area contributed by atoms with Crippen LogP contribution in [0.15, 0.2) is 36.7 Å². The quantitative estimate of drug-likeness (QED) is 0.660. The number of benzene rings is 1. The van der Waals surface area contributed by atoms with Crippen LogP contribution in [0, 0.1) is 12.7 Å². The fourth-order valence-electron chi connectivity index (χ4n) is 2.30. The van der Waals surface area contributed by atoms with Crippen LogP contribution in [0.3, 0.4) is 0 Å². The van der Waals surface area contributed by atoms with Gasteiger partial charge in [0.2, 0.25) is 5.91 Å². The Hall–Kier alpha value is -2.75. The minimum absolute atomic E-state index is 0.289. The third-order valence-corrected chi connectivity index (χ3v) is 4.56. The monoisotopic (exact) mass is 398 g/mol. The Morgan fingerprint density at radius 3 is 2.74 bits per heavy atom. The Balaban J connectivity index is 1.59. The molecule has 1 amide bonds. The number of rotatable bonds is 5. The van der Waals surface area contributed by atoms with Crippen LogP contribution in [-0.2, 0) is 23.9 Å². The molecule has 3 rings (SSSR count). The molecule has 0 fully saturated rings. The summed E-state index contributed by atoms with van der Waals surface area (Å²) in [6.45, 7) is 1.31. The average molecular weight is 398 g/mol. The van der Waals surface area contributed by atoms with E-state index in [0.29, 0.717) is 17.1 Å². The van der Waals surface area contributed by atoms with Crippen molar-refractivity contribution in [3.05, 3.63) is 64.2 Å². The number of hydrogen-bond donors (Lipinski definition) is 1. The van der Waals surface area contributed by atoms with Gasteiger partial charge in [0, 0.05) is 23.7 Å². The maximum atomic E-state index is 13.6. The molecule has 27 heavy (non-hydrogen) atoms. The standard InChI is InChI=1S/C17H14F4N4OS/c1-10-2-3-11(7-13(10)18)6-12-8-22-16(27-12)23-15(26)9-25-5-4-14(24-25)17(19,20)21/h2-5,7-8H,6,9H2,1H3,(H,22,23,26). The molecule has 2 heterocycles. The van der Waals surface area contributed by atoms with E-state index in [-0.39, 0.29) is 12.4 Å². The normalized spacial score (nSPS) is 11.6. The van der Waals surface area contributed by atoms with Gasteiger partial charge in [-0.25, -0.2) is 9.37 Å². The van der Waals surface area contributed by atoms with Crippen molar-refractivity contribution in [2.75, 3.05) is 5.32 Å². The lowest BCUT2D eigenvalue weighted by atomic mass is 10.1. The molecule has 0 atom stereocenters. The highest BCUT2D eigenvalue weighted by Gasteiger charge is 2.33. The maximum absolute atomic E-state index is 13.6. The first-order valence-corrected chi connectivity index (χ1v) is 8.62. The molecule has 1 N–H and O–H groups in total. The number of alkyl halides is 3. The van der Waals surface area contributed by atoms with Gasteiger partial charge in [-0.05, 0) is 30.2 Å². The van der Waals surface area contributed by atoms with E-state index in [1.807, 2.05) is 6.07 Å². The first-order chi connectivity index (χ1) is 12.7. The van der Waals surface area contributed by atoms with E-state index >= 15 is 0 Å². The number of thiazole rings is 1. The second-order valence-corrected chi connectivity index (χ2v) is 6.95.